The molecule has 0 aliphatic carbocycles. The van der Waals surface area contributed by atoms with Crippen LogP contribution in [0.15, 0.2) is 48.2 Å². The number of fused-ring (bicyclic) bond motifs is 1. The lowest BCUT2D eigenvalue weighted by atomic mass is 9.96. The summed E-state index contributed by atoms with van der Waals surface area (Å²) in [4.78, 5) is 34.9. The monoisotopic (exact) mass is 534 g/mol. The van der Waals surface area contributed by atoms with E-state index in [1.54, 1.807) is 17.5 Å². The van der Waals surface area contributed by atoms with Gasteiger partial charge in [-0.3, -0.25) is 14.0 Å². The topological polar surface area (TPSA) is 96.6 Å². The van der Waals surface area contributed by atoms with Gasteiger partial charge < -0.3 is 24.4 Å². The van der Waals surface area contributed by atoms with Crippen LogP contribution in [0, 0.1) is 12.8 Å². The van der Waals surface area contributed by atoms with Crippen molar-refractivity contribution in [1.82, 2.24) is 19.2 Å². The highest BCUT2D eigenvalue weighted by atomic mass is 16.5. The molecule has 1 saturated heterocycles. The van der Waals surface area contributed by atoms with E-state index in [0.29, 0.717) is 66.3 Å². The van der Waals surface area contributed by atoms with Gasteiger partial charge in [-0.1, -0.05) is 26.0 Å². The fraction of sp³-hybridized carbons (Fsp3) is 0.433. The summed E-state index contributed by atoms with van der Waals surface area (Å²) in [6, 6.07) is 10.2. The number of aliphatic hydroxyl groups is 1. The normalized spacial score (nSPS) is 17.1. The molecular weight excluding hydrogens is 496 g/mol. The molecule has 3 aromatic rings. The van der Waals surface area contributed by atoms with Crippen molar-refractivity contribution in [3.63, 3.8) is 0 Å². The quantitative estimate of drug-likeness (QED) is 0.221. The third kappa shape index (κ3) is 5.78. The number of pyridine rings is 1. The zero-order chi connectivity index (χ0) is 28.3. The lowest BCUT2D eigenvalue weighted by Gasteiger charge is -2.27. The molecule has 9 nitrogen and oxygen atoms in total. The van der Waals surface area contributed by atoms with Crippen molar-refractivity contribution >= 4 is 23.1 Å². The van der Waals surface area contributed by atoms with Crippen molar-refractivity contribution in [2.24, 2.45) is 5.92 Å². The molecule has 0 saturated carbocycles. The Bertz CT molecular complexity index is 1390. The van der Waals surface area contributed by atoms with Crippen LogP contribution < -0.4 is 9.47 Å². The molecule has 0 spiro atoms. The van der Waals surface area contributed by atoms with Crippen LogP contribution in [0.25, 0.3) is 11.4 Å². The van der Waals surface area contributed by atoms with Crippen LogP contribution in [0.1, 0.15) is 50.2 Å². The number of carbonyl (C=O) groups excluding carboxylic acids is 2. The first kappa shape index (κ1) is 28.2. The molecule has 1 atom stereocenters. The summed E-state index contributed by atoms with van der Waals surface area (Å²) in [5, 5.41) is 11.7. The minimum Gasteiger partial charge on any atom is -0.505 e. The number of nitrogens with zero attached hydrogens (tertiary/aromatic N) is 4. The van der Waals surface area contributed by atoms with E-state index in [1.165, 1.54) is 4.90 Å². The molecule has 1 amide bonds. The van der Waals surface area contributed by atoms with Crippen LogP contribution in [-0.2, 0) is 9.59 Å². The van der Waals surface area contributed by atoms with Gasteiger partial charge in [0.05, 0.1) is 30.5 Å². The molecule has 2 aromatic heterocycles. The molecule has 3 heterocycles. The summed E-state index contributed by atoms with van der Waals surface area (Å²) in [6.45, 7) is 9.76. The number of hydrogen-bond acceptors (Lipinski definition) is 7. The van der Waals surface area contributed by atoms with Gasteiger partial charge in [-0.15, -0.1) is 0 Å². The zero-order valence-electron chi connectivity index (χ0n) is 23.6. The molecule has 0 bridgehead atoms. The Morgan fingerprint density at radius 2 is 1.90 bits per heavy atom. The van der Waals surface area contributed by atoms with Crippen molar-refractivity contribution < 1.29 is 24.2 Å². The lowest BCUT2D eigenvalue weighted by Crippen LogP contribution is -2.35. The summed E-state index contributed by atoms with van der Waals surface area (Å²) in [5.41, 5.74) is 2.27. The summed E-state index contributed by atoms with van der Waals surface area (Å²) in [5.74, 6) is 0.00497. The number of likely N-dealkylation sites (N-methyl/N-ethyl adjacent to an activating group) is 1. The first-order valence-corrected chi connectivity index (χ1v) is 13.4. The fourth-order valence-electron chi connectivity index (χ4n) is 4.78. The molecule has 208 valence electrons. The second-order valence-electron chi connectivity index (χ2n) is 10.4. The number of rotatable bonds is 11. The summed E-state index contributed by atoms with van der Waals surface area (Å²) in [7, 11) is 3.81. The molecule has 39 heavy (non-hydrogen) atoms. The molecule has 1 fully saturated rings. The Balaban J connectivity index is 1.86. The smallest absolute Gasteiger partial charge is 0.295 e. The molecule has 0 radical (unpaired) electrons. The number of imidazole rings is 1. The Morgan fingerprint density at radius 1 is 1.13 bits per heavy atom. The van der Waals surface area contributed by atoms with Gasteiger partial charge in [-0.2, -0.15) is 0 Å². The molecule has 1 N–H and O–H groups in total. The Morgan fingerprint density at radius 3 is 2.59 bits per heavy atom. The van der Waals surface area contributed by atoms with E-state index < -0.39 is 17.7 Å². The minimum atomic E-state index is -0.803. The van der Waals surface area contributed by atoms with Crippen LogP contribution in [-0.4, -0.2) is 76.4 Å². The minimum absolute atomic E-state index is 0.0310. The average molecular weight is 535 g/mol. The number of aliphatic hydroxyl groups excluding tert-OH is 1. The highest BCUT2D eigenvalue weighted by Crippen LogP contribution is 2.42. The second-order valence-corrected chi connectivity index (χ2v) is 10.4. The first-order chi connectivity index (χ1) is 18.6. The van der Waals surface area contributed by atoms with Gasteiger partial charge in [0.2, 0.25) is 0 Å². The van der Waals surface area contributed by atoms with Crippen LogP contribution in [0.5, 0.6) is 11.5 Å². The highest BCUT2D eigenvalue weighted by Gasteiger charge is 2.46. The molecule has 9 heteroatoms. The maximum atomic E-state index is 13.5. The van der Waals surface area contributed by atoms with Crippen molar-refractivity contribution in [3.8, 4) is 11.5 Å². The molecule has 4 rings (SSSR count). The summed E-state index contributed by atoms with van der Waals surface area (Å²) >= 11 is 0. The van der Waals surface area contributed by atoms with E-state index in [0.717, 1.165) is 6.42 Å². The van der Waals surface area contributed by atoms with Gasteiger partial charge in [0.1, 0.15) is 11.3 Å². The standard InChI is InChI=1S/C30H38N4O5/c1-7-38-23-18-21(11-12-22(23)39-17-13-19(2)3)27-25(29(36)30(37)34(27)16-15-32(5)6)28(35)26-20(4)31-24-10-8-9-14-33(24)26/h8-12,14,18-19,27,35H,7,13,15-17H2,1-6H3/b28-25+. The predicted octanol–water partition coefficient (Wildman–Crippen LogP) is 4.45. The Hall–Kier alpha value is -3.85. The molecule has 1 aliphatic heterocycles. The van der Waals surface area contributed by atoms with Crippen LogP contribution in [0.2, 0.25) is 0 Å². The van der Waals surface area contributed by atoms with Crippen molar-refractivity contribution in [3.05, 3.63) is 65.1 Å². The van der Waals surface area contributed by atoms with Gasteiger partial charge in [-0.25, -0.2) is 4.98 Å². The number of Topliss-reactive ketones (excluding diaryl/α,β-unsaturated/α-hetero) is 1. The summed E-state index contributed by atoms with van der Waals surface area (Å²) in [6.07, 6.45) is 2.68. The van der Waals surface area contributed by atoms with Crippen LogP contribution >= 0.6 is 0 Å². The van der Waals surface area contributed by atoms with Crippen LogP contribution in [0.4, 0.5) is 0 Å². The number of hydrogen-bond donors (Lipinski definition) is 1. The van der Waals surface area contributed by atoms with E-state index >= 15 is 0 Å². The van der Waals surface area contributed by atoms with E-state index in [-0.39, 0.29) is 11.3 Å². The maximum absolute atomic E-state index is 13.5. The number of ether oxygens (including phenoxy) is 2. The SMILES string of the molecule is CCOc1cc(C2/C(=C(\O)c3c(C)nc4ccccn34)C(=O)C(=O)N2CCN(C)C)ccc1OCCC(C)C. The van der Waals surface area contributed by atoms with E-state index in [2.05, 4.69) is 18.8 Å². The first-order valence-electron chi connectivity index (χ1n) is 13.4. The molecule has 1 aromatic carbocycles. The molecule has 1 aliphatic rings. The summed E-state index contributed by atoms with van der Waals surface area (Å²) < 4.78 is 13.7. The van der Waals surface area contributed by atoms with Gasteiger partial charge in [0.15, 0.2) is 17.3 Å². The number of amides is 1. The predicted molar refractivity (Wildman–Crippen MR) is 150 cm³/mol. The number of likely N-dealkylation sites (tertiary alicyclic amines) is 1. The van der Waals surface area contributed by atoms with E-state index in [4.69, 9.17) is 9.47 Å². The Kier molecular flexibility index (Phi) is 8.60. The largest absolute Gasteiger partial charge is 0.505 e. The number of benzene rings is 1. The number of aryl methyl sites for hydroxylation is 1. The van der Waals surface area contributed by atoms with Crippen molar-refractivity contribution in [2.75, 3.05) is 40.4 Å². The molecule has 1 unspecified atom stereocenters. The van der Waals surface area contributed by atoms with Crippen molar-refractivity contribution in [1.29, 1.82) is 0 Å². The van der Waals surface area contributed by atoms with E-state index in [1.807, 2.05) is 62.3 Å². The number of aromatic nitrogens is 2. The Labute approximate surface area is 229 Å². The zero-order valence-corrected chi connectivity index (χ0v) is 23.6. The fourth-order valence-corrected chi connectivity index (χ4v) is 4.78. The molecular formula is C30H38N4O5. The second kappa shape index (κ2) is 11.9. The highest BCUT2D eigenvalue weighted by molar-refractivity contribution is 6.46. The number of carbonyl (C=O) groups is 2. The van der Waals surface area contributed by atoms with Gasteiger partial charge in [0, 0.05) is 19.3 Å². The third-order valence-electron chi connectivity index (χ3n) is 6.79. The number of ketones is 1. The van der Waals surface area contributed by atoms with Gasteiger partial charge in [-0.05, 0) is 70.1 Å². The van der Waals surface area contributed by atoms with E-state index in [9.17, 15) is 14.7 Å². The lowest BCUT2D eigenvalue weighted by molar-refractivity contribution is -0.140. The van der Waals surface area contributed by atoms with Crippen LogP contribution in [0.3, 0.4) is 0 Å². The van der Waals surface area contributed by atoms with Gasteiger partial charge >= 0.3 is 0 Å². The van der Waals surface area contributed by atoms with Gasteiger partial charge in [0.25, 0.3) is 11.7 Å². The third-order valence-corrected chi connectivity index (χ3v) is 6.79. The average Bonchev–Trinajstić information content (AvgIpc) is 3.35. The van der Waals surface area contributed by atoms with Crippen molar-refractivity contribution in [2.45, 2.75) is 40.2 Å². The maximum Gasteiger partial charge on any atom is 0.295 e.